The SMILES string of the molecule is O=C(Cc1ccccc1)NCc1ccc2c(c1)CCO2. The van der Waals surface area contributed by atoms with Crippen molar-refractivity contribution in [3.05, 3.63) is 65.2 Å². The molecule has 1 aliphatic rings. The molecule has 20 heavy (non-hydrogen) atoms. The van der Waals surface area contributed by atoms with Crippen molar-refractivity contribution in [2.75, 3.05) is 6.61 Å². The van der Waals surface area contributed by atoms with Crippen LogP contribution in [0.4, 0.5) is 0 Å². The normalized spacial score (nSPS) is 12.6. The lowest BCUT2D eigenvalue weighted by Crippen LogP contribution is -2.24. The van der Waals surface area contributed by atoms with Crippen molar-refractivity contribution < 1.29 is 9.53 Å². The van der Waals surface area contributed by atoms with Gasteiger partial charge >= 0.3 is 0 Å². The van der Waals surface area contributed by atoms with Gasteiger partial charge in [-0.15, -0.1) is 0 Å². The van der Waals surface area contributed by atoms with Crippen LogP contribution >= 0.6 is 0 Å². The molecule has 3 rings (SSSR count). The molecule has 0 bridgehead atoms. The fourth-order valence-electron chi connectivity index (χ4n) is 2.39. The zero-order valence-electron chi connectivity index (χ0n) is 11.3. The predicted octanol–water partition coefficient (Wildman–Crippen LogP) is 2.48. The highest BCUT2D eigenvalue weighted by Crippen LogP contribution is 2.25. The van der Waals surface area contributed by atoms with E-state index in [2.05, 4.69) is 11.4 Å². The van der Waals surface area contributed by atoms with Crippen LogP contribution in [0.5, 0.6) is 5.75 Å². The van der Waals surface area contributed by atoms with Crippen molar-refractivity contribution >= 4 is 5.91 Å². The quantitative estimate of drug-likeness (QED) is 0.924. The molecule has 3 nitrogen and oxygen atoms in total. The molecule has 102 valence electrons. The first kappa shape index (κ1) is 12.7. The second kappa shape index (κ2) is 5.78. The molecule has 1 N–H and O–H groups in total. The van der Waals surface area contributed by atoms with Crippen molar-refractivity contribution in [3.63, 3.8) is 0 Å². The van der Waals surface area contributed by atoms with Gasteiger partial charge in [0.25, 0.3) is 0 Å². The summed E-state index contributed by atoms with van der Waals surface area (Å²) in [4.78, 5) is 11.9. The molecule has 1 aliphatic heterocycles. The van der Waals surface area contributed by atoms with Crippen LogP contribution in [0.3, 0.4) is 0 Å². The lowest BCUT2D eigenvalue weighted by molar-refractivity contribution is -0.120. The molecule has 0 fully saturated rings. The second-order valence-electron chi connectivity index (χ2n) is 4.98. The van der Waals surface area contributed by atoms with Gasteiger partial charge in [-0.1, -0.05) is 42.5 Å². The van der Waals surface area contributed by atoms with Gasteiger partial charge in [0.05, 0.1) is 13.0 Å². The number of rotatable bonds is 4. The largest absolute Gasteiger partial charge is 0.493 e. The molecule has 3 heteroatoms. The molecule has 0 aliphatic carbocycles. The van der Waals surface area contributed by atoms with E-state index in [1.165, 1.54) is 5.56 Å². The number of amides is 1. The van der Waals surface area contributed by atoms with Crippen molar-refractivity contribution in [2.45, 2.75) is 19.4 Å². The fourth-order valence-corrected chi connectivity index (χ4v) is 2.39. The summed E-state index contributed by atoms with van der Waals surface area (Å²) >= 11 is 0. The van der Waals surface area contributed by atoms with Crippen molar-refractivity contribution in [1.82, 2.24) is 5.32 Å². The van der Waals surface area contributed by atoms with Crippen molar-refractivity contribution in [3.8, 4) is 5.75 Å². The molecule has 0 spiro atoms. The number of fused-ring (bicyclic) bond motifs is 1. The van der Waals surface area contributed by atoms with Crippen LogP contribution in [-0.4, -0.2) is 12.5 Å². The number of carbonyl (C=O) groups is 1. The topological polar surface area (TPSA) is 38.3 Å². The van der Waals surface area contributed by atoms with Crippen LogP contribution in [0.1, 0.15) is 16.7 Å². The molecule has 0 radical (unpaired) electrons. The summed E-state index contributed by atoms with van der Waals surface area (Å²) in [6.45, 7) is 1.33. The van der Waals surface area contributed by atoms with Crippen molar-refractivity contribution in [2.24, 2.45) is 0 Å². The molecule has 0 unspecified atom stereocenters. The maximum atomic E-state index is 11.9. The number of benzene rings is 2. The van der Waals surface area contributed by atoms with E-state index in [0.717, 1.165) is 29.9 Å². The van der Waals surface area contributed by atoms with E-state index in [1.54, 1.807) is 0 Å². The van der Waals surface area contributed by atoms with Crippen LogP contribution in [-0.2, 0) is 24.2 Å². The molecule has 0 aromatic heterocycles. The Bertz CT molecular complexity index is 608. The van der Waals surface area contributed by atoms with Gasteiger partial charge in [0.1, 0.15) is 5.75 Å². The first-order chi connectivity index (χ1) is 9.81. The zero-order valence-corrected chi connectivity index (χ0v) is 11.3. The van der Waals surface area contributed by atoms with Crippen LogP contribution in [0.2, 0.25) is 0 Å². The van der Waals surface area contributed by atoms with E-state index < -0.39 is 0 Å². The third-order valence-corrected chi connectivity index (χ3v) is 3.45. The predicted molar refractivity (Wildman–Crippen MR) is 77.6 cm³/mol. The Morgan fingerprint density at radius 3 is 2.80 bits per heavy atom. The highest BCUT2D eigenvalue weighted by Gasteiger charge is 2.12. The highest BCUT2D eigenvalue weighted by molar-refractivity contribution is 5.78. The molecular formula is C17H17NO2. The number of hydrogen-bond acceptors (Lipinski definition) is 2. The van der Waals surface area contributed by atoms with E-state index in [4.69, 9.17) is 4.74 Å². The van der Waals surface area contributed by atoms with Crippen LogP contribution in [0, 0.1) is 0 Å². The first-order valence-electron chi connectivity index (χ1n) is 6.86. The Balaban J connectivity index is 1.55. The number of ether oxygens (including phenoxy) is 1. The Morgan fingerprint density at radius 2 is 1.95 bits per heavy atom. The summed E-state index contributed by atoms with van der Waals surface area (Å²) in [5.74, 6) is 1.03. The molecule has 0 saturated heterocycles. The minimum absolute atomic E-state index is 0.0490. The summed E-state index contributed by atoms with van der Waals surface area (Å²) < 4.78 is 5.47. The Kier molecular flexibility index (Phi) is 3.68. The van der Waals surface area contributed by atoms with Crippen LogP contribution in [0.15, 0.2) is 48.5 Å². The maximum Gasteiger partial charge on any atom is 0.224 e. The minimum Gasteiger partial charge on any atom is -0.493 e. The molecule has 2 aromatic carbocycles. The highest BCUT2D eigenvalue weighted by atomic mass is 16.5. The summed E-state index contributed by atoms with van der Waals surface area (Å²) in [6, 6.07) is 15.9. The van der Waals surface area contributed by atoms with E-state index in [0.29, 0.717) is 13.0 Å². The van der Waals surface area contributed by atoms with E-state index >= 15 is 0 Å². The molecular weight excluding hydrogens is 250 g/mol. The molecule has 2 aromatic rings. The molecule has 1 amide bonds. The summed E-state index contributed by atoms with van der Waals surface area (Å²) in [7, 11) is 0. The van der Waals surface area contributed by atoms with Gasteiger partial charge in [0, 0.05) is 13.0 Å². The first-order valence-corrected chi connectivity index (χ1v) is 6.86. The van der Waals surface area contributed by atoms with E-state index in [-0.39, 0.29) is 5.91 Å². The van der Waals surface area contributed by atoms with Crippen LogP contribution in [0.25, 0.3) is 0 Å². The Hall–Kier alpha value is -2.29. The lowest BCUT2D eigenvalue weighted by Gasteiger charge is -2.07. The number of nitrogens with one attached hydrogen (secondary N) is 1. The molecule has 0 atom stereocenters. The monoisotopic (exact) mass is 267 g/mol. The maximum absolute atomic E-state index is 11.9. The van der Waals surface area contributed by atoms with E-state index in [9.17, 15) is 4.79 Å². The summed E-state index contributed by atoms with van der Waals surface area (Å²) in [5, 5.41) is 2.96. The number of carbonyl (C=O) groups excluding carboxylic acids is 1. The van der Waals surface area contributed by atoms with Gasteiger partial charge in [-0.3, -0.25) is 4.79 Å². The standard InChI is InChI=1S/C17H17NO2/c19-17(11-13-4-2-1-3-5-13)18-12-14-6-7-16-15(10-14)8-9-20-16/h1-7,10H,8-9,11-12H2,(H,18,19). The van der Waals surface area contributed by atoms with Crippen LogP contribution < -0.4 is 10.1 Å². The second-order valence-corrected chi connectivity index (χ2v) is 4.98. The zero-order chi connectivity index (χ0) is 13.8. The summed E-state index contributed by atoms with van der Waals surface area (Å²) in [5.41, 5.74) is 3.39. The third kappa shape index (κ3) is 2.99. The minimum atomic E-state index is 0.0490. The third-order valence-electron chi connectivity index (χ3n) is 3.45. The fraction of sp³-hybridized carbons (Fsp3) is 0.235. The van der Waals surface area contributed by atoms with E-state index in [1.807, 2.05) is 42.5 Å². The van der Waals surface area contributed by atoms with Gasteiger partial charge < -0.3 is 10.1 Å². The molecule has 1 heterocycles. The van der Waals surface area contributed by atoms with Gasteiger partial charge in [0.15, 0.2) is 0 Å². The molecule has 0 saturated carbocycles. The average Bonchev–Trinajstić information content (AvgIpc) is 2.93. The lowest BCUT2D eigenvalue weighted by atomic mass is 10.1. The number of hydrogen-bond donors (Lipinski definition) is 1. The summed E-state index contributed by atoms with van der Waals surface area (Å²) in [6.07, 6.45) is 1.38. The smallest absolute Gasteiger partial charge is 0.224 e. The Morgan fingerprint density at radius 1 is 1.10 bits per heavy atom. The van der Waals surface area contributed by atoms with Gasteiger partial charge in [-0.25, -0.2) is 0 Å². The van der Waals surface area contributed by atoms with Gasteiger partial charge in [-0.05, 0) is 22.8 Å². The Labute approximate surface area is 118 Å². The van der Waals surface area contributed by atoms with Gasteiger partial charge in [-0.2, -0.15) is 0 Å². The van der Waals surface area contributed by atoms with Gasteiger partial charge in [0.2, 0.25) is 5.91 Å². The average molecular weight is 267 g/mol. The van der Waals surface area contributed by atoms with Crippen molar-refractivity contribution in [1.29, 1.82) is 0 Å².